The molecule has 0 saturated carbocycles. The van der Waals surface area contributed by atoms with E-state index in [1.54, 1.807) is 11.8 Å². The minimum atomic E-state index is -0.405. The van der Waals surface area contributed by atoms with Gasteiger partial charge >= 0.3 is 0 Å². The minimum absolute atomic E-state index is 0. The summed E-state index contributed by atoms with van der Waals surface area (Å²) < 4.78 is 1.06. The van der Waals surface area contributed by atoms with Crippen LogP contribution in [0.15, 0.2) is 28.7 Å². The van der Waals surface area contributed by atoms with Gasteiger partial charge in [-0.3, -0.25) is 4.79 Å². The standard InChI is InChI=1S/C14H21BrN2OS.ClH/c1-10(8-11-4-3-5-12(15)9-11)17-14(18)13(16)6-7-19-2;/h3-5,9-10,13H,6-8,16H2,1-2H3,(H,17,18);1H/t10?,13-;/m0./s1. The summed E-state index contributed by atoms with van der Waals surface area (Å²) >= 11 is 5.15. The van der Waals surface area contributed by atoms with Crippen molar-refractivity contribution in [1.82, 2.24) is 5.32 Å². The number of carbonyl (C=O) groups is 1. The number of hydrogen-bond donors (Lipinski definition) is 2. The molecule has 1 rings (SSSR count). The van der Waals surface area contributed by atoms with E-state index in [0.29, 0.717) is 0 Å². The van der Waals surface area contributed by atoms with Gasteiger partial charge in [0.1, 0.15) is 0 Å². The van der Waals surface area contributed by atoms with E-state index >= 15 is 0 Å². The fraction of sp³-hybridized carbons (Fsp3) is 0.500. The Balaban J connectivity index is 0.00000361. The van der Waals surface area contributed by atoms with Crippen molar-refractivity contribution in [2.24, 2.45) is 5.73 Å². The van der Waals surface area contributed by atoms with Crippen LogP contribution in [0.3, 0.4) is 0 Å². The van der Waals surface area contributed by atoms with E-state index in [0.717, 1.165) is 23.1 Å². The lowest BCUT2D eigenvalue weighted by Crippen LogP contribution is -2.45. The maximum Gasteiger partial charge on any atom is 0.237 e. The summed E-state index contributed by atoms with van der Waals surface area (Å²) in [7, 11) is 0. The molecule has 0 fully saturated rings. The van der Waals surface area contributed by atoms with Crippen LogP contribution < -0.4 is 11.1 Å². The molecular formula is C14H22BrClN2OS. The Kier molecular flexibility index (Phi) is 10.4. The Labute approximate surface area is 140 Å². The first kappa shape index (κ1) is 19.8. The maximum atomic E-state index is 11.9. The van der Waals surface area contributed by atoms with Gasteiger partial charge in [0.25, 0.3) is 0 Å². The lowest BCUT2D eigenvalue weighted by Gasteiger charge is -2.17. The van der Waals surface area contributed by atoms with E-state index in [4.69, 9.17) is 5.73 Å². The molecule has 6 heteroatoms. The van der Waals surface area contributed by atoms with Crippen LogP contribution in [0, 0.1) is 0 Å². The molecule has 0 heterocycles. The number of nitrogens with two attached hydrogens (primary N) is 1. The molecule has 1 amide bonds. The highest BCUT2D eigenvalue weighted by molar-refractivity contribution is 9.10. The van der Waals surface area contributed by atoms with Crippen molar-refractivity contribution in [3.63, 3.8) is 0 Å². The quantitative estimate of drug-likeness (QED) is 0.763. The average Bonchev–Trinajstić information content (AvgIpc) is 2.35. The van der Waals surface area contributed by atoms with Crippen LogP contribution in [0.2, 0.25) is 0 Å². The van der Waals surface area contributed by atoms with E-state index in [-0.39, 0.29) is 24.4 Å². The Hall–Kier alpha value is -0.230. The molecule has 20 heavy (non-hydrogen) atoms. The number of amides is 1. The number of benzene rings is 1. The first-order valence-corrected chi connectivity index (χ1v) is 8.51. The molecule has 2 atom stereocenters. The first-order chi connectivity index (χ1) is 9.02. The van der Waals surface area contributed by atoms with E-state index in [2.05, 4.69) is 33.4 Å². The van der Waals surface area contributed by atoms with E-state index < -0.39 is 6.04 Å². The van der Waals surface area contributed by atoms with Crippen LogP contribution in [0.25, 0.3) is 0 Å². The minimum Gasteiger partial charge on any atom is -0.352 e. The zero-order valence-electron chi connectivity index (χ0n) is 11.8. The van der Waals surface area contributed by atoms with Gasteiger partial charge in [-0.2, -0.15) is 11.8 Å². The van der Waals surface area contributed by atoms with Crippen molar-refractivity contribution in [2.45, 2.75) is 31.8 Å². The molecule has 0 aromatic heterocycles. The van der Waals surface area contributed by atoms with Crippen LogP contribution in [-0.4, -0.2) is 30.0 Å². The van der Waals surface area contributed by atoms with E-state index in [1.165, 1.54) is 5.56 Å². The highest BCUT2D eigenvalue weighted by Crippen LogP contribution is 2.13. The van der Waals surface area contributed by atoms with Gasteiger partial charge in [-0.25, -0.2) is 0 Å². The summed E-state index contributed by atoms with van der Waals surface area (Å²) in [6.07, 6.45) is 3.54. The molecular weight excluding hydrogens is 360 g/mol. The third-order valence-electron chi connectivity index (χ3n) is 2.79. The van der Waals surface area contributed by atoms with Crippen LogP contribution >= 0.6 is 40.1 Å². The number of halogens is 2. The lowest BCUT2D eigenvalue weighted by molar-refractivity contribution is -0.122. The molecule has 0 bridgehead atoms. The predicted octanol–water partition coefficient (Wildman–Crippen LogP) is 3.00. The largest absolute Gasteiger partial charge is 0.352 e. The van der Waals surface area contributed by atoms with E-state index in [9.17, 15) is 4.79 Å². The van der Waals surface area contributed by atoms with Crippen molar-refractivity contribution in [3.05, 3.63) is 34.3 Å². The fourth-order valence-electron chi connectivity index (χ4n) is 1.79. The molecule has 0 aliphatic carbocycles. The van der Waals surface area contributed by atoms with Gasteiger partial charge in [0.15, 0.2) is 0 Å². The highest BCUT2D eigenvalue weighted by atomic mass is 79.9. The normalized spacial score (nSPS) is 13.2. The van der Waals surface area contributed by atoms with Gasteiger partial charge in [-0.15, -0.1) is 12.4 Å². The number of nitrogens with one attached hydrogen (secondary N) is 1. The predicted molar refractivity (Wildman–Crippen MR) is 93.7 cm³/mol. The zero-order valence-corrected chi connectivity index (χ0v) is 15.0. The molecule has 114 valence electrons. The summed E-state index contributed by atoms with van der Waals surface area (Å²) in [5, 5.41) is 2.97. The topological polar surface area (TPSA) is 55.1 Å². The van der Waals surface area contributed by atoms with Crippen molar-refractivity contribution < 1.29 is 4.79 Å². The number of thioether (sulfide) groups is 1. The van der Waals surface area contributed by atoms with Crippen molar-refractivity contribution in [2.75, 3.05) is 12.0 Å². The number of hydrogen-bond acceptors (Lipinski definition) is 3. The van der Waals surface area contributed by atoms with Gasteiger partial charge < -0.3 is 11.1 Å². The Morgan fingerprint density at radius 1 is 1.50 bits per heavy atom. The van der Waals surface area contributed by atoms with Crippen molar-refractivity contribution >= 4 is 46.0 Å². The molecule has 0 radical (unpaired) electrons. The molecule has 1 unspecified atom stereocenters. The second-order valence-electron chi connectivity index (χ2n) is 4.63. The van der Waals surface area contributed by atoms with Crippen molar-refractivity contribution in [3.8, 4) is 0 Å². The van der Waals surface area contributed by atoms with Gasteiger partial charge in [0, 0.05) is 10.5 Å². The molecule has 0 aliphatic rings. The van der Waals surface area contributed by atoms with Crippen LogP contribution in [-0.2, 0) is 11.2 Å². The number of rotatable bonds is 7. The van der Waals surface area contributed by atoms with E-state index in [1.807, 2.05) is 25.3 Å². The summed E-state index contributed by atoms with van der Waals surface area (Å²) in [6, 6.07) is 7.79. The molecule has 0 spiro atoms. The molecule has 0 aliphatic heterocycles. The van der Waals surface area contributed by atoms with Crippen LogP contribution in [0.5, 0.6) is 0 Å². The summed E-state index contributed by atoms with van der Waals surface area (Å²) in [5.74, 6) is 0.853. The smallest absolute Gasteiger partial charge is 0.237 e. The summed E-state index contributed by atoms with van der Waals surface area (Å²) in [4.78, 5) is 11.9. The fourth-order valence-corrected chi connectivity index (χ4v) is 2.73. The van der Waals surface area contributed by atoms with Gasteiger partial charge in [0.05, 0.1) is 6.04 Å². The highest BCUT2D eigenvalue weighted by Gasteiger charge is 2.15. The molecule has 1 aromatic carbocycles. The lowest BCUT2D eigenvalue weighted by atomic mass is 10.1. The molecule has 1 aromatic rings. The van der Waals surface area contributed by atoms with Gasteiger partial charge in [0.2, 0.25) is 5.91 Å². The molecule has 3 N–H and O–H groups in total. The second kappa shape index (κ2) is 10.5. The zero-order chi connectivity index (χ0) is 14.3. The monoisotopic (exact) mass is 380 g/mol. The SMILES string of the molecule is CSCC[C@H](N)C(=O)NC(C)Cc1cccc(Br)c1.Cl. The summed E-state index contributed by atoms with van der Waals surface area (Å²) in [5.41, 5.74) is 7.03. The summed E-state index contributed by atoms with van der Waals surface area (Å²) in [6.45, 7) is 2.00. The Bertz CT molecular complexity index is 420. The molecule has 0 saturated heterocycles. The van der Waals surface area contributed by atoms with Crippen LogP contribution in [0.4, 0.5) is 0 Å². The third-order valence-corrected chi connectivity index (χ3v) is 3.93. The Morgan fingerprint density at radius 2 is 2.20 bits per heavy atom. The van der Waals surface area contributed by atoms with Gasteiger partial charge in [-0.05, 0) is 49.5 Å². The second-order valence-corrected chi connectivity index (χ2v) is 6.53. The maximum absolute atomic E-state index is 11.9. The third kappa shape index (κ3) is 7.53. The number of carbonyl (C=O) groups excluding carboxylic acids is 1. The molecule has 3 nitrogen and oxygen atoms in total. The van der Waals surface area contributed by atoms with Crippen LogP contribution in [0.1, 0.15) is 18.9 Å². The first-order valence-electron chi connectivity index (χ1n) is 6.32. The Morgan fingerprint density at radius 3 is 2.80 bits per heavy atom. The average molecular weight is 382 g/mol. The van der Waals surface area contributed by atoms with Gasteiger partial charge in [-0.1, -0.05) is 28.1 Å². The van der Waals surface area contributed by atoms with Crippen molar-refractivity contribution in [1.29, 1.82) is 0 Å².